The molecule has 0 saturated heterocycles. The summed E-state index contributed by atoms with van der Waals surface area (Å²) in [7, 11) is 1.45. The Bertz CT molecular complexity index is 336. The van der Waals surface area contributed by atoms with Gasteiger partial charge in [0.2, 0.25) is 0 Å². The average Bonchev–Trinajstić information content (AvgIpc) is 2.50. The van der Waals surface area contributed by atoms with Crippen LogP contribution in [0.4, 0.5) is 0 Å². The highest BCUT2D eigenvalue weighted by Gasteiger charge is 2.16. The van der Waals surface area contributed by atoms with E-state index in [1.165, 1.54) is 7.05 Å². The van der Waals surface area contributed by atoms with Crippen molar-refractivity contribution < 1.29 is 14.7 Å². The summed E-state index contributed by atoms with van der Waals surface area (Å²) in [5.74, 6) is -1.42. The van der Waals surface area contributed by atoms with Crippen molar-refractivity contribution in [2.75, 3.05) is 7.05 Å². The SMILES string of the molecule is CNC(=O)c1nnsc1CC(=O)O. The van der Waals surface area contributed by atoms with E-state index in [-0.39, 0.29) is 12.1 Å². The highest BCUT2D eigenvalue weighted by molar-refractivity contribution is 7.05. The summed E-state index contributed by atoms with van der Waals surface area (Å²) in [6.07, 6.45) is -0.222. The zero-order valence-corrected chi connectivity index (χ0v) is 7.59. The van der Waals surface area contributed by atoms with Crippen LogP contribution in [0, 0.1) is 0 Å². The average molecular weight is 201 g/mol. The summed E-state index contributed by atoms with van der Waals surface area (Å²) in [6, 6.07) is 0. The van der Waals surface area contributed by atoms with Crippen molar-refractivity contribution in [3.05, 3.63) is 10.6 Å². The predicted octanol–water partition coefficient (Wildman–Crippen LogP) is -0.475. The second-order valence-corrected chi connectivity index (χ2v) is 3.03. The summed E-state index contributed by atoms with van der Waals surface area (Å²) in [4.78, 5) is 21.8. The Morgan fingerprint density at radius 3 is 2.85 bits per heavy atom. The first kappa shape index (κ1) is 9.59. The topological polar surface area (TPSA) is 92.2 Å². The quantitative estimate of drug-likeness (QED) is 0.689. The summed E-state index contributed by atoms with van der Waals surface area (Å²) < 4.78 is 3.51. The van der Waals surface area contributed by atoms with Crippen molar-refractivity contribution in [3.63, 3.8) is 0 Å². The number of hydrogen-bond donors (Lipinski definition) is 2. The highest BCUT2D eigenvalue weighted by Crippen LogP contribution is 2.10. The molecule has 70 valence electrons. The lowest BCUT2D eigenvalue weighted by atomic mass is 10.3. The Morgan fingerprint density at radius 2 is 2.31 bits per heavy atom. The number of rotatable bonds is 3. The molecule has 0 unspecified atom stereocenters. The van der Waals surface area contributed by atoms with E-state index in [4.69, 9.17) is 5.11 Å². The van der Waals surface area contributed by atoms with Gasteiger partial charge in [0, 0.05) is 7.05 Å². The van der Waals surface area contributed by atoms with Gasteiger partial charge in [-0.05, 0) is 11.5 Å². The van der Waals surface area contributed by atoms with Crippen LogP contribution in [0.1, 0.15) is 15.4 Å². The monoisotopic (exact) mass is 201 g/mol. The van der Waals surface area contributed by atoms with Gasteiger partial charge in [0.1, 0.15) is 0 Å². The van der Waals surface area contributed by atoms with Gasteiger partial charge in [0.05, 0.1) is 11.3 Å². The van der Waals surface area contributed by atoms with Gasteiger partial charge in [0.25, 0.3) is 5.91 Å². The molecule has 7 heteroatoms. The molecule has 0 aromatic carbocycles. The van der Waals surface area contributed by atoms with Crippen molar-refractivity contribution in [2.45, 2.75) is 6.42 Å². The van der Waals surface area contributed by atoms with Crippen molar-refractivity contribution in [3.8, 4) is 0 Å². The van der Waals surface area contributed by atoms with Crippen molar-refractivity contribution in [2.24, 2.45) is 0 Å². The number of carbonyl (C=O) groups excluding carboxylic acids is 1. The van der Waals surface area contributed by atoms with Crippen LogP contribution < -0.4 is 5.32 Å². The van der Waals surface area contributed by atoms with Crippen LogP contribution in [0.5, 0.6) is 0 Å². The minimum Gasteiger partial charge on any atom is -0.481 e. The Kier molecular flexibility index (Phi) is 2.91. The van der Waals surface area contributed by atoms with Gasteiger partial charge in [-0.25, -0.2) is 0 Å². The van der Waals surface area contributed by atoms with Crippen LogP contribution >= 0.6 is 11.5 Å². The van der Waals surface area contributed by atoms with Crippen LogP contribution in [-0.2, 0) is 11.2 Å². The minimum atomic E-state index is -1.00. The number of carbonyl (C=O) groups is 2. The van der Waals surface area contributed by atoms with Crippen molar-refractivity contribution in [1.29, 1.82) is 0 Å². The summed E-state index contributed by atoms with van der Waals surface area (Å²) in [6.45, 7) is 0. The number of aromatic nitrogens is 2. The summed E-state index contributed by atoms with van der Waals surface area (Å²) in [5, 5.41) is 14.4. The molecule has 6 nitrogen and oxygen atoms in total. The zero-order chi connectivity index (χ0) is 9.84. The van der Waals surface area contributed by atoms with Gasteiger partial charge in [0.15, 0.2) is 5.69 Å². The van der Waals surface area contributed by atoms with Gasteiger partial charge >= 0.3 is 5.97 Å². The molecule has 0 aliphatic heterocycles. The third kappa shape index (κ3) is 2.22. The number of nitrogens with one attached hydrogen (secondary N) is 1. The van der Waals surface area contributed by atoms with Crippen LogP contribution in [0.3, 0.4) is 0 Å². The zero-order valence-electron chi connectivity index (χ0n) is 6.77. The van der Waals surface area contributed by atoms with Crippen molar-refractivity contribution in [1.82, 2.24) is 14.9 Å². The maximum atomic E-state index is 11.1. The number of carboxylic acids is 1. The molecular weight excluding hydrogens is 194 g/mol. The molecule has 0 aliphatic carbocycles. The standard InChI is InChI=1S/C6H7N3O3S/c1-7-6(12)5-3(2-4(10)11)13-9-8-5/h2H2,1H3,(H,7,12)(H,10,11). The van der Waals surface area contributed by atoms with Gasteiger partial charge in [-0.3, -0.25) is 9.59 Å². The molecule has 0 fully saturated rings. The Balaban J connectivity index is 2.89. The lowest BCUT2D eigenvalue weighted by Gasteiger charge is -1.95. The van der Waals surface area contributed by atoms with Gasteiger partial charge in [-0.1, -0.05) is 4.49 Å². The fourth-order valence-electron chi connectivity index (χ4n) is 0.753. The second kappa shape index (κ2) is 3.94. The van der Waals surface area contributed by atoms with E-state index in [2.05, 4.69) is 14.9 Å². The van der Waals surface area contributed by atoms with E-state index >= 15 is 0 Å². The van der Waals surface area contributed by atoms with Gasteiger partial charge in [-0.2, -0.15) is 0 Å². The maximum Gasteiger partial charge on any atom is 0.308 e. The minimum absolute atomic E-state index is 0.0925. The number of aliphatic carboxylic acids is 1. The van der Waals surface area contributed by atoms with E-state index in [0.29, 0.717) is 4.88 Å². The molecule has 0 radical (unpaired) electrons. The lowest BCUT2D eigenvalue weighted by molar-refractivity contribution is -0.136. The summed E-state index contributed by atoms with van der Waals surface area (Å²) >= 11 is 0.919. The fourth-order valence-corrected chi connectivity index (χ4v) is 1.38. The molecule has 0 spiro atoms. The van der Waals surface area contributed by atoms with E-state index in [0.717, 1.165) is 11.5 Å². The van der Waals surface area contributed by atoms with Crippen LogP contribution in [0.2, 0.25) is 0 Å². The Hall–Kier alpha value is -1.50. The second-order valence-electron chi connectivity index (χ2n) is 2.19. The van der Waals surface area contributed by atoms with Crippen LogP contribution in [0.25, 0.3) is 0 Å². The van der Waals surface area contributed by atoms with E-state index < -0.39 is 11.9 Å². The van der Waals surface area contributed by atoms with Crippen LogP contribution in [0.15, 0.2) is 0 Å². The van der Waals surface area contributed by atoms with Gasteiger partial charge in [-0.15, -0.1) is 5.10 Å². The van der Waals surface area contributed by atoms with E-state index in [1.54, 1.807) is 0 Å². The predicted molar refractivity (Wildman–Crippen MR) is 44.6 cm³/mol. The Labute approximate surface area is 77.7 Å². The molecule has 1 amide bonds. The molecule has 1 aromatic heterocycles. The molecule has 1 rings (SSSR count). The maximum absolute atomic E-state index is 11.1. The van der Waals surface area contributed by atoms with Crippen molar-refractivity contribution >= 4 is 23.4 Å². The number of amides is 1. The van der Waals surface area contributed by atoms with E-state index in [9.17, 15) is 9.59 Å². The molecular formula is C6H7N3O3S. The summed E-state index contributed by atoms with van der Waals surface area (Å²) in [5.41, 5.74) is 0.0925. The highest BCUT2D eigenvalue weighted by atomic mass is 32.1. The largest absolute Gasteiger partial charge is 0.481 e. The normalized spacial score (nSPS) is 9.62. The van der Waals surface area contributed by atoms with Crippen LogP contribution in [-0.4, -0.2) is 33.6 Å². The molecule has 0 aliphatic rings. The Morgan fingerprint density at radius 1 is 1.62 bits per heavy atom. The fraction of sp³-hybridized carbons (Fsp3) is 0.333. The third-order valence-corrected chi connectivity index (χ3v) is 2.03. The first-order valence-corrected chi connectivity index (χ1v) is 4.17. The smallest absolute Gasteiger partial charge is 0.308 e. The molecule has 0 saturated carbocycles. The van der Waals surface area contributed by atoms with E-state index in [1.807, 2.05) is 0 Å². The molecule has 0 bridgehead atoms. The third-order valence-electron chi connectivity index (χ3n) is 1.31. The molecule has 2 N–H and O–H groups in total. The molecule has 0 atom stereocenters. The number of nitrogens with zero attached hydrogens (tertiary/aromatic N) is 2. The molecule has 1 aromatic rings. The lowest BCUT2D eigenvalue weighted by Crippen LogP contribution is -2.20. The molecule has 1 heterocycles. The van der Waals surface area contributed by atoms with Gasteiger partial charge < -0.3 is 10.4 Å². The first-order valence-electron chi connectivity index (χ1n) is 3.40. The first-order chi connectivity index (χ1) is 6.15. The number of carboxylic acid groups (broad SMARTS) is 1. The number of hydrogen-bond acceptors (Lipinski definition) is 5. The molecule has 13 heavy (non-hydrogen) atoms.